The summed E-state index contributed by atoms with van der Waals surface area (Å²) in [5.74, 6) is -1.24. The first-order valence-corrected chi connectivity index (χ1v) is 4.74. The molecule has 14 heavy (non-hydrogen) atoms. The summed E-state index contributed by atoms with van der Waals surface area (Å²) in [5, 5.41) is 8.86. The molecule has 0 unspecified atom stereocenters. The minimum absolute atomic E-state index is 0.153. The fourth-order valence-corrected chi connectivity index (χ4v) is 1.84. The first kappa shape index (κ1) is 11.0. The van der Waals surface area contributed by atoms with Crippen molar-refractivity contribution in [2.45, 2.75) is 13.3 Å². The molecule has 0 aromatic carbocycles. The van der Waals surface area contributed by atoms with Gasteiger partial charge in [0.25, 0.3) is 0 Å². The van der Waals surface area contributed by atoms with Crippen molar-refractivity contribution >= 4 is 11.9 Å². The molecule has 1 fully saturated rings. The number of rotatable bonds is 4. The summed E-state index contributed by atoms with van der Waals surface area (Å²) in [6.45, 7) is 3.76. The van der Waals surface area contributed by atoms with Crippen LogP contribution in [0.25, 0.3) is 0 Å². The number of nitrogens with two attached hydrogens (primary N) is 1. The predicted octanol–water partition coefficient (Wildman–Crippen LogP) is -0.486. The van der Waals surface area contributed by atoms with E-state index in [1.165, 1.54) is 0 Å². The van der Waals surface area contributed by atoms with Crippen LogP contribution in [0.3, 0.4) is 0 Å². The van der Waals surface area contributed by atoms with Crippen molar-refractivity contribution in [3.8, 4) is 0 Å². The summed E-state index contributed by atoms with van der Waals surface area (Å²) >= 11 is 0. The Labute approximate surface area is 82.9 Å². The van der Waals surface area contributed by atoms with Crippen molar-refractivity contribution in [1.82, 2.24) is 4.90 Å². The minimum Gasteiger partial charge on any atom is -0.481 e. The molecule has 2 atom stereocenters. The van der Waals surface area contributed by atoms with Gasteiger partial charge in [-0.1, -0.05) is 6.92 Å². The molecule has 5 nitrogen and oxygen atoms in total. The Hall–Kier alpha value is -1.10. The second-order valence-electron chi connectivity index (χ2n) is 3.90. The van der Waals surface area contributed by atoms with Crippen molar-refractivity contribution < 1.29 is 14.7 Å². The highest BCUT2D eigenvalue weighted by Crippen LogP contribution is 2.22. The maximum atomic E-state index is 10.8. The largest absolute Gasteiger partial charge is 0.481 e. The van der Waals surface area contributed by atoms with Gasteiger partial charge in [0.1, 0.15) is 0 Å². The third kappa shape index (κ3) is 2.70. The van der Waals surface area contributed by atoms with E-state index in [1.54, 1.807) is 0 Å². The molecule has 1 saturated heterocycles. The normalized spacial score (nSPS) is 27.8. The standard InChI is InChI=1S/C9H16N2O3/c1-6-4-11(3-2-8(10)12)5-7(6)9(13)14/h6-7H,2-5H2,1H3,(H2,10,12)(H,13,14)/t6-,7-/m1/s1. The lowest BCUT2D eigenvalue weighted by atomic mass is 9.99. The molecule has 0 spiro atoms. The van der Waals surface area contributed by atoms with Crippen LogP contribution < -0.4 is 5.73 Å². The van der Waals surface area contributed by atoms with Crippen molar-refractivity contribution in [3.05, 3.63) is 0 Å². The predicted molar refractivity (Wildman–Crippen MR) is 50.5 cm³/mol. The quantitative estimate of drug-likeness (QED) is 0.641. The average molecular weight is 200 g/mol. The van der Waals surface area contributed by atoms with E-state index in [0.29, 0.717) is 19.5 Å². The Morgan fingerprint density at radius 2 is 2.14 bits per heavy atom. The lowest BCUT2D eigenvalue weighted by Crippen LogP contribution is -2.27. The number of hydrogen-bond acceptors (Lipinski definition) is 3. The lowest BCUT2D eigenvalue weighted by molar-refractivity contribution is -0.142. The van der Waals surface area contributed by atoms with Crippen LogP contribution in [0.15, 0.2) is 0 Å². The Bertz CT molecular complexity index is 242. The van der Waals surface area contributed by atoms with Gasteiger partial charge in [-0.2, -0.15) is 0 Å². The zero-order chi connectivity index (χ0) is 10.7. The number of hydrogen-bond donors (Lipinski definition) is 2. The summed E-state index contributed by atoms with van der Waals surface area (Å²) in [7, 11) is 0. The summed E-state index contributed by atoms with van der Waals surface area (Å²) in [4.78, 5) is 23.3. The van der Waals surface area contributed by atoms with E-state index in [0.717, 1.165) is 6.54 Å². The smallest absolute Gasteiger partial charge is 0.308 e. The number of carboxylic acid groups (broad SMARTS) is 1. The van der Waals surface area contributed by atoms with Gasteiger partial charge in [0.15, 0.2) is 0 Å². The van der Waals surface area contributed by atoms with Gasteiger partial charge in [0, 0.05) is 26.1 Å². The van der Waals surface area contributed by atoms with Crippen LogP contribution in [0.2, 0.25) is 0 Å². The minimum atomic E-state index is -0.751. The van der Waals surface area contributed by atoms with Crippen LogP contribution in [-0.2, 0) is 9.59 Å². The van der Waals surface area contributed by atoms with Gasteiger partial charge in [-0.15, -0.1) is 0 Å². The monoisotopic (exact) mass is 200 g/mol. The Kier molecular flexibility index (Phi) is 3.46. The second kappa shape index (κ2) is 4.41. The van der Waals surface area contributed by atoms with Crippen LogP contribution in [0.1, 0.15) is 13.3 Å². The van der Waals surface area contributed by atoms with Crippen molar-refractivity contribution in [1.29, 1.82) is 0 Å². The van der Waals surface area contributed by atoms with E-state index >= 15 is 0 Å². The van der Waals surface area contributed by atoms with Gasteiger partial charge in [-0.25, -0.2) is 0 Å². The van der Waals surface area contributed by atoms with Crippen LogP contribution in [0.5, 0.6) is 0 Å². The van der Waals surface area contributed by atoms with Crippen LogP contribution in [0.4, 0.5) is 0 Å². The molecule has 0 aliphatic carbocycles. The van der Waals surface area contributed by atoms with E-state index in [-0.39, 0.29) is 17.7 Å². The van der Waals surface area contributed by atoms with E-state index in [2.05, 4.69) is 0 Å². The zero-order valence-electron chi connectivity index (χ0n) is 8.27. The Morgan fingerprint density at radius 1 is 1.50 bits per heavy atom. The summed E-state index contributed by atoms with van der Waals surface area (Å²) in [6, 6.07) is 0. The molecule has 0 bridgehead atoms. The molecule has 0 aromatic rings. The highest BCUT2D eigenvalue weighted by Gasteiger charge is 2.34. The number of primary amides is 1. The molecule has 1 aliphatic heterocycles. The summed E-state index contributed by atoms with van der Waals surface area (Å²) in [5.41, 5.74) is 5.02. The van der Waals surface area contributed by atoms with Gasteiger partial charge in [-0.3, -0.25) is 9.59 Å². The summed E-state index contributed by atoms with van der Waals surface area (Å²) in [6.07, 6.45) is 0.305. The fourth-order valence-electron chi connectivity index (χ4n) is 1.84. The molecular formula is C9H16N2O3. The highest BCUT2D eigenvalue weighted by atomic mass is 16.4. The maximum Gasteiger partial charge on any atom is 0.308 e. The van der Waals surface area contributed by atoms with Crippen LogP contribution in [0, 0.1) is 11.8 Å². The molecule has 80 valence electrons. The van der Waals surface area contributed by atoms with Crippen molar-refractivity contribution in [2.75, 3.05) is 19.6 Å². The van der Waals surface area contributed by atoms with Gasteiger partial charge >= 0.3 is 5.97 Å². The Morgan fingerprint density at radius 3 is 2.57 bits per heavy atom. The van der Waals surface area contributed by atoms with Gasteiger partial charge in [0.05, 0.1) is 5.92 Å². The van der Waals surface area contributed by atoms with E-state index in [1.807, 2.05) is 11.8 Å². The van der Waals surface area contributed by atoms with Crippen molar-refractivity contribution in [2.24, 2.45) is 17.6 Å². The van der Waals surface area contributed by atoms with Crippen LogP contribution >= 0.6 is 0 Å². The lowest BCUT2D eigenvalue weighted by Gasteiger charge is -2.13. The van der Waals surface area contributed by atoms with Crippen molar-refractivity contribution in [3.63, 3.8) is 0 Å². The first-order chi connectivity index (χ1) is 6.50. The van der Waals surface area contributed by atoms with Crippen LogP contribution in [-0.4, -0.2) is 41.5 Å². The fraction of sp³-hybridized carbons (Fsp3) is 0.778. The molecular weight excluding hydrogens is 184 g/mol. The molecule has 3 N–H and O–H groups in total. The molecule has 5 heteroatoms. The van der Waals surface area contributed by atoms with Gasteiger partial charge < -0.3 is 15.7 Å². The van der Waals surface area contributed by atoms with E-state index < -0.39 is 5.97 Å². The van der Waals surface area contributed by atoms with Gasteiger partial charge in [0.2, 0.25) is 5.91 Å². The number of amides is 1. The third-order valence-corrected chi connectivity index (χ3v) is 2.68. The molecule has 1 aliphatic rings. The highest BCUT2D eigenvalue weighted by molar-refractivity contribution is 5.74. The number of nitrogens with zero attached hydrogens (tertiary/aromatic N) is 1. The van der Waals surface area contributed by atoms with E-state index in [9.17, 15) is 9.59 Å². The Balaban J connectivity index is 2.38. The molecule has 1 heterocycles. The zero-order valence-corrected chi connectivity index (χ0v) is 8.27. The summed E-state index contributed by atoms with van der Waals surface area (Å²) < 4.78 is 0. The number of carboxylic acids is 1. The van der Waals surface area contributed by atoms with E-state index in [4.69, 9.17) is 10.8 Å². The molecule has 1 amide bonds. The first-order valence-electron chi connectivity index (χ1n) is 4.74. The number of aliphatic carboxylic acids is 1. The number of carbonyl (C=O) groups is 2. The number of carbonyl (C=O) groups excluding carboxylic acids is 1. The number of likely N-dealkylation sites (tertiary alicyclic amines) is 1. The van der Waals surface area contributed by atoms with Gasteiger partial charge in [-0.05, 0) is 5.92 Å². The molecule has 1 rings (SSSR count). The topological polar surface area (TPSA) is 83.6 Å². The molecule has 0 aromatic heterocycles. The SMILES string of the molecule is C[C@@H]1CN(CCC(N)=O)C[C@H]1C(=O)O. The second-order valence-corrected chi connectivity index (χ2v) is 3.90. The average Bonchev–Trinajstić information content (AvgIpc) is 2.43. The molecule has 0 saturated carbocycles. The third-order valence-electron chi connectivity index (χ3n) is 2.68. The maximum absolute atomic E-state index is 10.8. The molecule has 0 radical (unpaired) electrons.